The Morgan fingerprint density at radius 2 is 2.00 bits per heavy atom. The van der Waals surface area contributed by atoms with Crippen molar-refractivity contribution in [3.05, 3.63) is 63.5 Å². The molecule has 4 rings (SSSR count). The number of thioether (sulfide) groups is 1. The van der Waals surface area contributed by atoms with Crippen molar-refractivity contribution in [2.75, 3.05) is 37.8 Å². The van der Waals surface area contributed by atoms with Gasteiger partial charge in [-0.05, 0) is 56.1 Å². The normalized spacial score (nSPS) is 15.3. The summed E-state index contributed by atoms with van der Waals surface area (Å²) < 4.78 is 0.910. The zero-order valence-electron chi connectivity index (χ0n) is 22.5. The lowest BCUT2D eigenvalue weighted by Gasteiger charge is -2.32. The number of nitrogens with zero attached hydrogens (tertiary/aromatic N) is 2. The maximum Gasteiger partial charge on any atom is 0.230 e. The van der Waals surface area contributed by atoms with Gasteiger partial charge in [0.15, 0.2) is 4.34 Å². The molecule has 1 atom stereocenters. The SMILES string of the molecule is CCC[C@@H](CNc1cccc(-c2csc(SCC(=O)NC3CCN(Cc4ccc(Cl)c(Cl)c4)CC3)n2)c1)NC. The zero-order valence-corrected chi connectivity index (χ0v) is 25.7. The van der Waals surface area contributed by atoms with Crippen LogP contribution in [0.4, 0.5) is 5.69 Å². The number of benzene rings is 2. The number of likely N-dealkylation sites (N-methyl/N-ethyl adjacent to an activating group) is 1. The summed E-state index contributed by atoms with van der Waals surface area (Å²) in [5, 5.41) is 13.4. The maximum atomic E-state index is 12.6. The van der Waals surface area contributed by atoms with E-state index in [9.17, 15) is 4.79 Å². The number of carbonyl (C=O) groups excluding carboxylic acids is 1. The summed E-state index contributed by atoms with van der Waals surface area (Å²) in [4.78, 5) is 19.8. The van der Waals surface area contributed by atoms with Gasteiger partial charge in [-0.1, -0.05) is 66.5 Å². The lowest BCUT2D eigenvalue weighted by atomic mass is 10.0. The van der Waals surface area contributed by atoms with Gasteiger partial charge in [0.25, 0.3) is 0 Å². The molecule has 0 bridgehead atoms. The summed E-state index contributed by atoms with van der Waals surface area (Å²) in [6, 6.07) is 14.8. The Labute approximate surface area is 250 Å². The zero-order chi connectivity index (χ0) is 27.6. The molecule has 1 aromatic heterocycles. The summed E-state index contributed by atoms with van der Waals surface area (Å²) in [6.07, 6.45) is 4.18. The van der Waals surface area contributed by atoms with Gasteiger partial charge < -0.3 is 16.0 Å². The first-order chi connectivity index (χ1) is 18.9. The Balaban J connectivity index is 1.19. The fourth-order valence-corrected chi connectivity index (χ4v) is 6.68. The number of nitrogens with one attached hydrogen (secondary N) is 3. The molecule has 1 aliphatic heterocycles. The van der Waals surface area contributed by atoms with Gasteiger partial charge in [0.2, 0.25) is 5.91 Å². The van der Waals surface area contributed by atoms with Crippen LogP contribution in [-0.2, 0) is 11.3 Å². The van der Waals surface area contributed by atoms with E-state index < -0.39 is 0 Å². The Hall–Kier alpha value is -1.81. The third-order valence-electron chi connectivity index (χ3n) is 6.91. The summed E-state index contributed by atoms with van der Waals surface area (Å²) in [7, 11) is 2.01. The molecule has 2 heterocycles. The minimum atomic E-state index is 0.0667. The van der Waals surface area contributed by atoms with Crippen molar-refractivity contribution < 1.29 is 4.79 Å². The van der Waals surface area contributed by atoms with E-state index in [4.69, 9.17) is 28.2 Å². The van der Waals surface area contributed by atoms with Crippen LogP contribution < -0.4 is 16.0 Å². The van der Waals surface area contributed by atoms with Gasteiger partial charge in [0.1, 0.15) is 0 Å². The van der Waals surface area contributed by atoms with Crippen molar-refractivity contribution in [3.8, 4) is 11.3 Å². The second-order valence-electron chi connectivity index (χ2n) is 9.89. The molecule has 0 spiro atoms. The van der Waals surface area contributed by atoms with Crippen LogP contribution in [0.15, 0.2) is 52.2 Å². The van der Waals surface area contributed by atoms with Gasteiger partial charge in [-0.15, -0.1) is 11.3 Å². The van der Waals surface area contributed by atoms with Gasteiger partial charge in [0.05, 0.1) is 21.5 Å². The molecule has 0 saturated carbocycles. The average Bonchev–Trinajstić information content (AvgIpc) is 3.42. The smallest absolute Gasteiger partial charge is 0.230 e. The van der Waals surface area contributed by atoms with E-state index in [2.05, 4.69) is 57.4 Å². The van der Waals surface area contributed by atoms with Crippen molar-refractivity contribution in [1.29, 1.82) is 0 Å². The van der Waals surface area contributed by atoms with Crippen molar-refractivity contribution in [2.45, 2.75) is 55.6 Å². The number of likely N-dealkylation sites (tertiary alicyclic amines) is 1. The van der Waals surface area contributed by atoms with E-state index in [0.717, 1.165) is 78.7 Å². The molecule has 0 unspecified atom stereocenters. The highest BCUT2D eigenvalue weighted by atomic mass is 35.5. The molecule has 210 valence electrons. The van der Waals surface area contributed by atoms with Gasteiger partial charge in [-0.3, -0.25) is 9.69 Å². The third-order valence-corrected chi connectivity index (χ3v) is 9.67. The third kappa shape index (κ3) is 9.37. The minimum Gasteiger partial charge on any atom is -0.383 e. The summed E-state index contributed by atoms with van der Waals surface area (Å²) >= 11 is 15.3. The van der Waals surface area contributed by atoms with E-state index in [1.807, 2.05) is 25.2 Å². The number of anilines is 1. The minimum absolute atomic E-state index is 0.0667. The highest BCUT2D eigenvalue weighted by Gasteiger charge is 2.21. The molecule has 3 N–H and O–H groups in total. The lowest BCUT2D eigenvalue weighted by Crippen LogP contribution is -2.44. The van der Waals surface area contributed by atoms with Crippen molar-refractivity contribution in [1.82, 2.24) is 20.5 Å². The molecule has 39 heavy (non-hydrogen) atoms. The van der Waals surface area contributed by atoms with Crippen LogP contribution in [0.2, 0.25) is 10.0 Å². The number of thiazole rings is 1. The average molecular weight is 607 g/mol. The van der Waals surface area contributed by atoms with Crippen molar-refractivity contribution in [3.63, 3.8) is 0 Å². The van der Waals surface area contributed by atoms with Gasteiger partial charge in [0, 0.05) is 54.9 Å². The summed E-state index contributed by atoms with van der Waals surface area (Å²) in [5.74, 6) is 0.443. The largest absolute Gasteiger partial charge is 0.383 e. The van der Waals surface area contributed by atoms with Crippen LogP contribution in [0, 0.1) is 0 Å². The number of aromatic nitrogens is 1. The Morgan fingerprint density at radius 1 is 1.18 bits per heavy atom. The Kier molecular flexibility index (Phi) is 11.8. The summed E-state index contributed by atoms with van der Waals surface area (Å²) in [6.45, 7) is 5.82. The molecule has 0 radical (unpaired) electrons. The highest BCUT2D eigenvalue weighted by Crippen LogP contribution is 2.30. The molecule has 3 aromatic rings. The number of piperidine rings is 1. The first-order valence-electron chi connectivity index (χ1n) is 13.5. The second-order valence-corrected chi connectivity index (χ2v) is 12.8. The van der Waals surface area contributed by atoms with E-state index in [-0.39, 0.29) is 11.9 Å². The maximum absolute atomic E-state index is 12.6. The Morgan fingerprint density at radius 3 is 2.74 bits per heavy atom. The number of hydrogen-bond donors (Lipinski definition) is 3. The number of amides is 1. The van der Waals surface area contributed by atoms with Crippen molar-refractivity contribution >= 4 is 57.9 Å². The highest BCUT2D eigenvalue weighted by molar-refractivity contribution is 8.01. The quantitative estimate of drug-likeness (QED) is 0.186. The van der Waals surface area contributed by atoms with Crippen LogP contribution >= 0.6 is 46.3 Å². The Bertz CT molecular complexity index is 1220. The topological polar surface area (TPSA) is 69.3 Å². The van der Waals surface area contributed by atoms with E-state index in [1.54, 1.807) is 11.3 Å². The molecule has 2 aromatic carbocycles. The number of carbonyl (C=O) groups is 1. The van der Waals surface area contributed by atoms with Crippen LogP contribution in [0.5, 0.6) is 0 Å². The lowest BCUT2D eigenvalue weighted by molar-refractivity contribution is -0.119. The molecule has 1 fully saturated rings. The predicted molar refractivity (Wildman–Crippen MR) is 167 cm³/mol. The molecule has 1 saturated heterocycles. The first-order valence-corrected chi connectivity index (χ1v) is 16.1. The fourth-order valence-electron chi connectivity index (χ4n) is 4.71. The molecular weight excluding hydrogens is 569 g/mol. The van der Waals surface area contributed by atoms with E-state index >= 15 is 0 Å². The predicted octanol–water partition coefficient (Wildman–Crippen LogP) is 6.79. The molecule has 0 aliphatic carbocycles. The fraction of sp³-hybridized carbons (Fsp3) is 0.448. The molecular formula is C29H37Cl2N5OS2. The van der Waals surface area contributed by atoms with Crippen LogP contribution in [0.3, 0.4) is 0 Å². The number of rotatable bonds is 13. The van der Waals surface area contributed by atoms with Crippen LogP contribution in [-0.4, -0.2) is 60.3 Å². The standard InChI is InChI=1S/C29H37Cl2N5OS2/c1-3-5-24(32-2)16-33-23-7-4-6-21(15-23)27-18-38-29(35-27)39-19-28(37)34-22-10-12-36(13-11-22)17-20-8-9-25(30)26(31)14-20/h4,6-9,14-15,18,22,24,32-33H,3,5,10-13,16-17,19H2,1-2H3,(H,34,37)/t24-/m0/s1. The first kappa shape index (κ1) is 30.2. The molecule has 10 heteroatoms. The second kappa shape index (κ2) is 15.3. The van der Waals surface area contributed by atoms with E-state index in [1.165, 1.54) is 11.8 Å². The number of halogens is 2. The molecule has 6 nitrogen and oxygen atoms in total. The van der Waals surface area contributed by atoms with Crippen LogP contribution in [0.1, 0.15) is 38.2 Å². The van der Waals surface area contributed by atoms with E-state index in [0.29, 0.717) is 21.8 Å². The number of hydrogen-bond acceptors (Lipinski definition) is 7. The van der Waals surface area contributed by atoms with Crippen LogP contribution in [0.25, 0.3) is 11.3 Å². The molecule has 1 amide bonds. The molecule has 1 aliphatic rings. The van der Waals surface area contributed by atoms with Gasteiger partial charge in [-0.2, -0.15) is 0 Å². The monoisotopic (exact) mass is 605 g/mol. The van der Waals surface area contributed by atoms with Crippen molar-refractivity contribution in [2.24, 2.45) is 0 Å². The van der Waals surface area contributed by atoms with Gasteiger partial charge in [-0.25, -0.2) is 4.98 Å². The van der Waals surface area contributed by atoms with Gasteiger partial charge >= 0.3 is 0 Å². The summed E-state index contributed by atoms with van der Waals surface area (Å²) in [5.41, 5.74) is 4.27.